The Morgan fingerprint density at radius 1 is 1.25 bits per heavy atom. The third-order valence-electron chi connectivity index (χ3n) is 2.57. The maximum Gasteiger partial charge on any atom is 0.178 e. The predicted molar refractivity (Wildman–Crippen MR) is 72.1 cm³/mol. The SMILES string of the molecule is Cl.Nc1cnn(Cc2nnnn2-c2ccccc2F)c1. The van der Waals surface area contributed by atoms with E-state index < -0.39 is 5.82 Å². The first-order chi connectivity index (χ1) is 9.24. The van der Waals surface area contributed by atoms with Crippen LogP contribution in [0.15, 0.2) is 36.7 Å². The molecule has 0 radical (unpaired) electrons. The van der Waals surface area contributed by atoms with Crippen molar-refractivity contribution in [3.63, 3.8) is 0 Å². The van der Waals surface area contributed by atoms with E-state index in [9.17, 15) is 4.39 Å². The number of halogens is 2. The Morgan fingerprint density at radius 2 is 2.05 bits per heavy atom. The molecule has 3 rings (SSSR count). The van der Waals surface area contributed by atoms with E-state index in [2.05, 4.69) is 20.6 Å². The van der Waals surface area contributed by atoms with Crippen molar-refractivity contribution in [3.05, 3.63) is 48.3 Å². The number of para-hydroxylation sites is 1. The number of nitrogens with two attached hydrogens (primary N) is 1. The molecule has 2 heterocycles. The molecule has 3 aromatic rings. The van der Waals surface area contributed by atoms with Gasteiger partial charge in [-0.1, -0.05) is 12.1 Å². The van der Waals surface area contributed by atoms with Crippen LogP contribution in [0, 0.1) is 5.82 Å². The van der Waals surface area contributed by atoms with Gasteiger partial charge in [-0.25, -0.2) is 4.39 Å². The average molecular weight is 296 g/mol. The molecule has 0 atom stereocenters. The van der Waals surface area contributed by atoms with E-state index in [1.54, 1.807) is 29.1 Å². The van der Waals surface area contributed by atoms with Gasteiger partial charge >= 0.3 is 0 Å². The average Bonchev–Trinajstić information content (AvgIpc) is 3.00. The van der Waals surface area contributed by atoms with Gasteiger partial charge in [0.2, 0.25) is 0 Å². The number of nitrogens with zero attached hydrogens (tertiary/aromatic N) is 6. The molecule has 0 fully saturated rings. The van der Waals surface area contributed by atoms with Gasteiger partial charge in [-0.15, -0.1) is 17.5 Å². The first kappa shape index (κ1) is 13.9. The van der Waals surface area contributed by atoms with E-state index in [0.717, 1.165) is 0 Å². The zero-order valence-corrected chi connectivity index (χ0v) is 11.0. The largest absolute Gasteiger partial charge is 0.396 e. The van der Waals surface area contributed by atoms with Gasteiger partial charge in [-0.05, 0) is 22.6 Å². The summed E-state index contributed by atoms with van der Waals surface area (Å²) in [6.07, 6.45) is 3.18. The van der Waals surface area contributed by atoms with Crippen molar-refractivity contribution in [1.82, 2.24) is 30.0 Å². The van der Waals surface area contributed by atoms with Gasteiger partial charge in [0.1, 0.15) is 18.0 Å². The Labute approximate surface area is 119 Å². The second-order valence-corrected chi connectivity index (χ2v) is 3.93. The fourth-order valence-corrected chi connectivity index (χ4v) is 1.73. The van der Waals surface area contributed by atoms with Gasteiger partial charge in [-0.3, -0.25) is 4.68 Å². The Kier molecular flexibility index (Phi) is 3.94. The highest BCUT2D eigenvalue weighted by molar-refractivity contribution is 5.85. The molecular weight excluding hydrogens is 285 g/mol. The molecule has 0 aliphatic heterocycles. The van der Waals surface area contributed by atoms with Crippen molar-refractivity contribution in [2.75, 3.05) is 5.73 Å². The summed E-state index contributed by atoms with van der Waals surface area (Å²) in [4.78, 5) is 0. The van der Waals surface area contributed by atoms with Crippen LogP contribution in [0.3, 0.4) is 0 Å². The lowest BCUT2D eigenvalue weighted by Crippen LogP contribution is -2.10. The van der Waals surface area contributed by atoms with Crippen LogP contribution < -0.4 is 5.73 Å². The van der Waals surface area contributed by atoms with Crippen LogP contribution in [0.5, 0.6) is 0 Å². The lowest BCUT2D eigenvalue weighted by Gasteiger charge is -2.05. The smallest absolute Gasteiger partial charge is 0.178 e. The molecule has 1 aromatic carbocycles. The zero-order valence-electron chi connectivity index (χ0n) is 10.2. The predicted octanol–water partition coefficient (Wildman–Crippen LogP) is 1.05. The van der Waals surface area contributed by atoms with Crippen LogP contribution in [-0.4, -0.2) is 30.0 Å². The molecule has 2 N–H and O–H groups in total. The van der Waals surface area contributed by atoms with Crippen molar-refractivity contribution in [2.24, 2.45) is 0 Å². The summed E-state index contributed by atoms with van der Waals surface area (Å²) in [5.41, 5.74) is 6.42. The second-order valence-electron chi connectivity index (χ2n) is 3.93. The third kappa shape index (κ3) is 2.59. The number of aromatic nitrogens is 6. The molecule has 0 aliphatic carbocycles. The maximum absolute atomic E-state index is 13.7. The lowest BCUT2D eigenvalue weighted by molar-refractivity contribution is 0.589. The fourth-order valence-electron chi connectivity index (χ4n) is 1.73. The molecule has 0 saturated carbocycles. The van der Waals surface area contributed by atoms with Crippen molar-refractivity contribution in [3.8, 4) is 5.69 Å². The summed E-state index contributed by atoms with van der Waals surface area (Å²) in [5, 5.41) is 15.3. The second kappa shape index (κ2) is 5.66. The summed E-state index contributed by atoms with van der Waals surface area (Å²) in [6.45, 7) is 0.304. The van der Waals surface area contributed by atoms with Crippen LogP contribution in [0.2, 0.25) is 0 Å². The van der Waals surface area contributed by atoms with Gasteiger partial charge < -0.3 is 5.73 Å². The van der Waals surface area contributed by atoms with Crippen LogP contribution in [0.4, 0.5) is 10.1 Å². The third-order valence-corrected chi connectivity index (χ3v) is 2.57. The molecule has 0 bridgehead atoms. The van der Waals surface area contributed by atoms with Crippen LogP contribution >= 0.6 is 12.4 Å². The minimum atomic E-state index is -0.393. The number of tetrazole rings is 1. The zero-order chi connectivity index (χ0) is 13.2. The molecule has 0 unspecified atom stereocenters. The number of hydrogen-bond acceptors (Lipinski definition) is 5. The van der Waals surface area contributed by atoms with Gasteiger partial charge in [0.25, 0.3) is 0 Å². The Bertz CT molecular complexity index is 708. The monoisotopic (exact) mass is 295 g/mol. The molecular formula is C11H11ClFN7. The van der Waals surface area contributed by atoms with Crippen LogP contribution in [0.25, 0.3) is 5.69 Å². The Hall–Kier alpha value is -2.48. The van der Waals surface area contributed by atoms with Crippen molar-refractivity contribution < 1.29 is 4.39 Å². The first-order valence-electron chi connectivity index (χ1n) is 5.54. The van der Waals surface area contributed by atoms with E-state index in [1.165, 1.54) is 16.9 Å². The molecule has 0 amide bonds. The highest BCUT2D eigenvalue weighted by Crippen LogP contribution is 2.13. The number of hydrogen-bond donors (Lipinski definition) is 1. The van der Waals surface area contributed by atoms with Crippen LogP contribution in [0.1, 0.15) is 5.82 Å². The van der Waals surface area contributed by atoms with Gasteiger partial charge in [0.05, 0.1) is 11.9 Å². The summed E-state index contributed by atoms with van der Waals surface area (Å²) in [6, 6.07) is 6.28. The molecule has 0 spiro atoms. The van der Waals surface area contributed by atoms with E-state index >= 15 is 0 Å². The Morgan fingerprint density at radius 3 is 2.75 bits per heavy atom. The molecule has 9 heteroatoms. The van der Waals surface area contributed by atoms with Crippen molar-refractivity contribution in [2.45, 2.75) is 6.54 Å². The number of nitrogen functional groups attached to an aromatic ring is 1. The molecule has 20 heavy (non-hydrogen) atoms. The number of benzene rings is 1. The molecule has 0 saturated heterocycles. The topological polar surface area (TPSA) is 87.4 Å². The standard InChI is InChI=1S/C11H10FN7.ClH/c12-9-3-1-2-4-10(9)19-11(15-16-17-19)7-18-6-8(13)5-14-18;/h1-6H,7,13H2;1H. The van der Waals surface area contributed by atoms with Crippen molar-refractivity contribution in [1.29, 1.82) is 0 Å². The van der Waals surface area contributed by atoms with E-state index in [1.807, 2.05) is 0 Å². The van der Waals surface area contributed by atoms with Crippen LogP contribution in [-0.2, 0) is 6.54 Å². The lowest BCUT2D eigenvalue weighted by atomic mass is 10.3. The first-order valence-corrected chi connectivity index (χ1v) is 5.54. The van der Waals surface area contributed by atoms with E-state index in [0.29, 0.717) is 23.7 Å². The summed E-state index contributed by atoms with van der Waals surface area (Å²) in [7, 11) is 0. The van der Waals surface area contributed by atoms with Gasteiger partial charge in [-0.2, -0.15) is 9.78 Å². The Balaban J connectivity index is 0.00000147. The molecule has 7 nitrogen and oxygen atoms in total. The summed E-state index contributed by atoms with van der Waals surface area (Å²) in [5.74, 6) is 0.0734. The minimum absolute atomic E-state index is 0. The molecule has 0 aliphatic rings. The fraction of sp³-hybridized carbons (Fsp3) is 0.0909. The highest BCUT2D eigenvalue weighted by Gasteiger charge is 2.12. The van der Waals surface area contributed by atoms with Gasteiger partial charge in [0.15, 0.2) is 5.82 Å². The summed E-state index contributed by atoms with van der Waals surface area (Å²) >= 11 is 0. The normalized spacial score (nSPS) is 10.2. The maximum atomic E-state index is 13.7. The van der Waals surface area contributed by atoms with E-state index in [-0.39, 0.29) is 12.4 Å². The highest BCUT2D eigenvalue weighted by atomic mass is 35.5. The number of anilines is 1. The van der Waals surface area contributed by atoms with Crippen molar-refractivity contribution >= 4 is 18.1 Å². The molecule has 2 aromatic heterocycles. The number of rotatable bonds is 3. The van der Waals surface area contributed by atoms with E-state index in [4.69, 9.17) is 5.73 Å². The summed E-state index contributed by atoms with van der Waals surface area (Å²) < 4.78 is 16.6. The quantitative estimate of drug-likeness (QED) is 0.780. The minimum Gasteiger partial charge on any atom is -0.396 e. The van der Waals surface area contributed by atoms with Gasteiger partial charge in [0, 0.05) is 6.20 Å². The molecule has 104 valence electrons.